The summed E-state index contributed by atoms with van der Waals surface area (Å²) >= 11 is 0. The summed E-state index contributed by atoms with van der Waals surface area (Å²) in [6, 6.07) is 8.32. The van der Waals surface area contributed by atoms with Crippen LogP contribution in [0.5, 0.6) is 0 Å². The standard InChI is InChI=1S/C28H39N9O2/c1-19(2)23(18-38)35-11-9-34(10-12-35)17-24-30-25-26(33(24)4)31-28(32-27(25)36-13-15-39-16-14-36)37-20(3)29-21-7-5-6-8-22(21)37/h5-8,19,23,38H,9-18H2,1-4H3/t23-/m0/s1. The molecule has 0 saturated carbocycles. The molecule has 0 aliphatic carbocycles. The largest absolute Gasteiger partial charge is 0.395 e. The molecule has 0 bridgehead atoms. The minimum absolute atomic E-state index is 0.208. The van der Waals surface area contributed by atoms with E-state index in [1.54, 1.807) is 0 Å². The van der Waals surface area contributed by atoms with Crippen LogP contribution in [-0.4, -0.2) is 109 Å². The van der Waals surface area contributed by atoms with Gasteiger partial charge in [-0.05, 0) is 25.0 Å². The number of aliphatic hydroxyl groups is 1. The smallest absolute Gasteiger partial charge is 0.239 e. The average molecular weight is 534 g/mol. The first-order chi connectivity index (χ1) is 18.9. The van der Waals surface area contributed by atoms with Crippen LogP contribution < -0.4 is 4.90 Å². The Morgan fingerprint density at radius 1 is 0.949 bits per heavy atom. The predicted octanol–water partition coefficient (Wildman–Crippen LogP) is 1.98. The number of benzene rings is 1. The summed E-state index contributed by atoms with van der Waals surface area (Å²) in [6.45, 7) is 14.0. The van der Waals surface area contributed by atoms with Gasteiger partial charge in [-0.15, -0.1) is 0 Å². The summed E-state index contributed by atoms with van der Waals surface area (Å²) in [5.74, 6) is 3.73. The topological polar surface area (TPSA) is 101 Å². The van der Waals surface area contributed by atoms with E-state index in [1.165, 1.54) is 0 Å². The van der Waals surface area contributed by atoms with E-state index < -0.39 is 0 Å². The maximum Gasteiger partial charge on any atom is 0.239 e. The highest BCUT2D eigenvalue weighted by molar-refractivity contribution is 5.86. The maximum absolute atomic E-state index is 9.87. The summed E-state index contributed by atoms with van der Waals surface area (Å²) in [6.07, 6.45) is 0. The molecule has 1 atom stereocenters. The lowest BCUT2D eigenvalue weighted by atomic mass is 10.0. The van der Waals surface area contributed by atoms with E-state index >= 15 is 0 Å². The van der Waals surface area contributed by atoms with Crippen LogP contribution in [0.4, 0.5) is 5.82 Å². The first-order valence-corrected chi connectivity index (χ1v) is 14.0. The van der Waals surface area contributed by atoms with Crippen molar-refractivity contribution in [3.05, 3.63) is 35.9 Å². The van der Waals surface area contributed by atoms with Crippen molar-refractivity contribution in [1.29, 1.82) is 0 Å². The lowest BCUT2D eigenvalue weighted by molar-refractivity contribution is 0.0411. The van der Waals surface area contributed by atoms with Crippen molar-refractivity contribution in [3.8, 4) is 5.95 Å². The SMILES string of the molecule is Cc1nc2ccccc2n1-c1nc(N2CCOCC2)c2nc(CN3CCN([C@@H](CO)C(C)C)CC3)n(C)c2n1. The molecule has 11 nitrogen and oxygen atoms in total. The first kappa shape index (κ1) is 26.1. The molecule has 3 aromatic heterocycles. The second kappa shape index (κ2) is 10.8. The Morgan fingerprint density at radius 2 is 1.69 bits per heavy atom. The van der Waals surface area contributed by atoms with E-state index in [0.717, 1.165) is 85.5 Å². The van der Waals surface area contributed by atoms with Crippen LogP contribution in [0.2, 0.25) is 0 Å². The fraction of sp³-hybridized carbons (Fsp3) is 0.571. The molecule has 0 unspecified atom stereocenters. The van der Waals surface area contributed by atoms with E-state index in [2.05, 4.69) is 46.2 Å². The van der Waals surface area contributed by atoms with Crippen LogP contribution in [0.25, 0.3) is 28.1 Å². The number of aliphatic hydroxyl groups excluding tert-OH is 1. The van der Waals surface area contributed by atoms with E-state index in [0.29, 0.717) is 25.1 Å². The lowest BCUT2D eigenvalue weighted by Gasteiger charge is -2.40. The van der Waals surface area contributed by atoms with E-state index in [1.807, 2.05) is 29.7 Å². The molecule has 5 heterocycles. The van der Waals surface area contributed by atoms with Crippen molar-refractivity contribution >= 4 is 28.0 Å². The number of hydrogen-bond donors (Lipinski definition) is 1. The maximum atomic E-state index is 9.87. The lowest BCUT2D eigenvalue weighted by Crippen LogP contribution is -2.52. The fourth-order valence-electron chi connectivity index (χ4n) is 5.92. The monoisotopic (exact) mass is 533 g/mol. The van der Waals surface area contributed by atoms with Crippen molar-refractivity contribution in [2.24, 2.45) is 13.0 Å². The van der Waals surface area contributed by atoms with Gasteiger partial charge in [0.1, 0.15) is 11.6 Å². The van der Waals surface area contributed by atoms with Crippen LogP contribution in [0, 0.1) is 12.8 Å². The van der Waals surface area contributed by atoms with Gasteiger partial charge in [-0.1, -0.05) is 26.0 Å². The quantitative estimate of drug-likeness (QED) is 0.382. The zero-order valence-corrected chi connectivity index (χ0v) is 23.4. The second-order valence-electron chi connectivity index (χ2n) is 11.0. The summed E-state index contributed by atoms with van der Waals surface area (Å²) in [5, 5.41) is 9.87. The molecule has 11 heteroatoms. The van der Waals surface area contributed by atoms with Gasteiger partial charge in [0.25, 0.3) is 0 Å². The van der Waals surface area contributed by atoms with Gasteiger partial charge in [-0.3, -0.25) is 14.4 Å². The Morgan fingerprint density at radius 3 is 2.41 bits per heavy atom. The van der Waals surface area contributed by atoms with E-state index in [9.17, 15) is 5.11 Å². The Balaban J connectivity index is 1.35. The first-order valence-electron chi connectivity index (χ1n) is 14.0. The molecule has 39 heavy (non-hydrogen) atoms. The van der Waals surface area contributed by atoms with Crippen LogP contribution in [0.3, 0.4) is 0 Å². The van der Waals surface area contributed by atoms with Crippen LogP contribution in [0.1, 0.15) is 25.5 Å². The van der Waals surface area contributed by atoms with Gasteiger partial charge in [0.05, 0.1) is 37.4 Å². The number of morpholine rings is 1. The van der Waals surface area contributed by atoms with Gasteiger partial charge < -0.3 is 19.3 Å². The summed E-state index contributed by atoms with van der Waals surface area (Å²) in [7, 11) is 2.06. The van der Waals surface area contributed by atoms with Crippen LogP contribution in [-0.2, 0) is 18.3 Å². The number of piperazine rings is 1. The summed E-state index contributed by atoms with van der Waals surface area (Å²) in [5.41, 5.74) is 3.58. The molecule has 2 saturated heterocycles. The Bertz CT molecular complexity index is 1450. The van der Waals surface area contributed by atoms with Crippen molar-refractivity contribution in [1.82, 2.24) is 38.9 Å². The number of imidazole rings is 2. The number of rotatable bonds is 7. The molecule has 2 fully saturated rings. The zero-order chi connectivity index (χ0) is 27.1. The third-order valence-corrected chi connectivity index (χ3v) is 8.22. The van der Waals surface area contributed by atoms with Gasteiger partial charge in [0.2, 0.25) is 5.95 Å². The van der Waals surface area contributed by atoms with Crippen LogP contribution >= 0.6 is 0 Å². The molecule has 6 rings (SSSR count). The number of ether oxygens (including phenoxy) is 1. The second-order valence-corrected chi connectivity index (χ2v) is 11.0. The fourth-order valence-corrected chi connectivity index (χ4v) is 5.92. The molecule has 2 aliphatic heterocycles. The molecule has 208 valence electrons. The van der Waals surface area contributed by atoms with E-state index in [4.69, 9.17) is 24.7 Å². The number of anilines is 1. The zero-order valence-electron chi connectivity index (χ0n) is 23.4. The van der Waals surface area contributed by atoms with Crippen molar-refractivity contribution < 1.29 is 9.84 Å². The Kier molecular flexibility index (Phi) is 7.23. The molecule has 2 aliphatic rings. The molecule has 4 aromatic rings. The molecule has 1 N–H and O–H groups in total. The Labute approximate surface area is 229 Å². The summed E-state index contributed by atoms with van der Waals surface area (Å²) in [4.78, 5) is 27.2. The molecule has 1 aromatic carbocycles. The number of fused-ring (bicyclic) bond motifs is 2. The van der Waals surface area contributed by atoms with Crippen molar-refractivity contribution in [2.45, 2.75) is 33.4 Å². The molecule has 0 spiro atoms. The third-order valence-electron chi connectivity index (χ3n) is 8.22. The minimum atomic E-state index is 0.208. The van der Waals surface area contributed by atoms with Crippen molar-refractivity contribution in [3.63, 3.8) is 0 Å². The van der Waals surface area contributed by atoms with Gasteiger partial charge in [-0.2, -0.15) is 9.97 Å². The molecular weight excluding hydrogens is 494 g/mol. The molecular formula is C28H39N9O2. The van der Waals surface area contributed by atoms with Gasteiger partial charge >= 0.3 is 0 Å². The van der Waals surface area contributed by atoms with Crippen molar-refractivity contribution in [2.75, 3.05) is 64.0 Å². The molecule has 0 amide bonds. The highest BCUT2D eigenvalue weighted by Crippen LogP contribution is 2.28. The number of aromatic nitrogens is 6. The highest BCUT2D eigenvalue weighted by atomic mass is 16.5. The molecule has 0 radical (unpaired) electrons. The number of para-hydroxylation sites is 2. The highest BCUT2D eigenvalue weighted by Gasteiger charge is 2.28. The van der Waals surface area contributed by atoms with Gasteiger partial charge in [-0.25, -0.2) is 9.97 Å². The number of nitrogens with zero attached hydrogens (tertiary/aromatic N) is 9. The third kappa shape index (κ3) is 4.88. The minimum Gasteiger partial charge on any atom is -0.395 e. The predicted molar refractivity (Wildman–Crippen MR) is 151 cm³/mol. The average Bonchev–Trinajstić information content (AvgIpc) is 3.45. The van der Waals surface area contributed by atoms with Gasteiger partial charge in [0.15, 0.2) is 17.0 Å². The summed E-state index contributed by atoms with van der Waals surface area (Å²) < 4.78 is 9.80. The number of aryl methyl sites for hydroxylation is 2. The van der Waals surface area contributed by atoms with E-state index in [-0.39, 0.29) is 12.6 Å². The Hall–Kier alpha value is -3.12. The normalized spacial score (nSPS) is 18.6. The van der Waals surface area contributed by atoms with Gasteiger partial charge in [0, 0.05) is 52.4 Å². The van der Waals surface area contributed by atoms with Crippen LogP contribution in [0.15, 0.2) is 24.3 Å². The number of hydrogen-bond acceptors (Lipinski definition) is 9.